The van der Waals surface area contributed by atoms with Crippen LogP contribution in [0.15, 0.2) is 132 Å². The first-order valence-corrected chi connectivity index (χ1v) is 16.2. The summed E-state index contributed by atoms with van der Waals surface area (Å²) in [5.41, 5.74) is 2.58. The number of amides is 1. The Bertz CT molecular complexity index is 1800. The van der Waals surface area contributed by atoms with Gasteiger partial charge in [-0.15, -0.1) is 0 Å². The lowest BCUT2D eigenvalue weighted by Crippen LogP contribution is -2.30. The number of ether oxygens (including phenoxy) is 1. The molecule has 0 unspecified atom stereocenters. The predicted octanol–water partition coefficient (Wildman–Crippen LogP) is 8.88. The molecule has 0 atom stereocenters. The van der Waals surface area contributed by atoms with Crippen molar-refractivity contribution in [2.45, 2.75) is 17.2 Å². The molecule has 9 heteroatoms. The third-order valence-corrected chi connectivity index (χ3v) is 9.09. The van der Waals surface area contributed by atoms with Crippen LogP contribution in [-0.2, 0) is 10.0 Å². The zero-order valence-corrected chi connectivity index (χ0v) is 26.2. The highest BCUT2D eigenvalue weighted by molar-refractivity contribution is 7.92. The normalized spacial score (nSPS) is 11.3. The Hall–Kier alpha value is -4.30. The summed E-state index contributed by atoms with van der Waals surface area (Å²) in [7, 11) is -2.35. The molecular formula is C35H30Cl2N2O4S. The molecule has 44 heavy (non-hydrogen) atoms. The lowest BCUT2D eigenvalue weighted by atomic mass is 9.88. The van der Waals surface area contributed by atoms with Crippen molar-refractivity contribution in [3.63, 3.8) is 0 Å². The number of hydrogen-bond acceptors (Lipinski definition) is 4. The van der Waals surface area contributed by atoms with Crippen LogP contribution in [0.4, 0.5) is 5.69 Å². The number of benzene rings is 5. The van der Waals surface area contributed by atoms with Crippen LogP contribution in [0.25, 0.3) is 0 Å². The number of carbonyl (C=O) groups is 1. The highest BCUT2D eigenvalue weighted by Gasteiger charge is 2.23. The van der Waals surface area contributed by atoms with E-state index in [9.17, 15) is 13.2 Å². The fourth-order valence-electron chi connectivity index (χ4n) is 4.85. The average molecular weight is 646 g/mol. The minimum Gasteiger partial charge on any atom is -0.456 e. The van der Waals surface area contributed by atoms with Gasteiger partial charge in [0.2, 0.25) is 0 Å². The molecule has 0 saturated carbocycles. The molecule has 1 N–H and O–H groups in total. The molecule has 0 bridgehead atoms. The van der Waals surface area contributed by atoms with Crippen LogP contribution in [-0.4, -0.2) is 32.8 Å². The number of nitrogens with zero attached hydrogens (tertiary/aromatic N) is 1. The molecule has 6 nitrogen and oxygen atoms in total. The number of hydrogen-bond donors (Lipinski definition) is 1. The van der Waals surface area contributed by atoms with E-state index < -0.39 is 10.0 Å². The Kier molecular flexibility index (Phi) is 9.90. The van der Waals surface area contributed by atoms with Crippen molar-refractivity contribution in [3.05, 3.63) is 154 Å². The van der Waals surface area contributed by atoms with Gasteiger partial charge in [0, 0.05) is 24.5 Å². The fourth-order valence-corrected chi connectivity index (χ4v) is 6.28. The highest BCUT2D eigenvalue weighted by atomic mass is 35.5. The zero-order chi connectivity index (χ0) is 31.1. The molecule has 0 saturated heterocycles. The van der Waals surface area contributed by atoms with Crippen LogP contribution in [0.1, 0.15) is 33.8 Å². The Labute approximate surface area is 267 Å². The van der Waals surface area contributed by atoms with E-state index in [4.69, 9.17) is 27.9 Å². The molecule has 1 amide bonds. The Morgan fingerprint density at radius 3 is 2.00 bits per heavy atom. The molecular weight excluding hydrogens is 615 g/mol. The van der Waals surface area contributed by atoms with Gasteiger partial charge in [-0.1, -0.05) is 96.0 Å². The molecule has 5 rings (SSSR count). The third-order valence-electron chi connectivity index (χ3n) is 7.16. The van der Waals surface area contributed by atoms with E-state index in [1.54, 1.807) is 36.2 Å². The van der Waals surface area contributed by atoms with Crippen LogP contribution < -0.4 is 9.46 Å². The second kappa shape index (κ2) is 14.0. The van der Waals surface area contributed by atoms with Gasteiger partial charge in [0.25, 0.3) is 15.9 Å². The topological polar surface area (TPSA) is 75.7 Å². The van der Waals surface area contributed by atoms with Gasteiger partial charge < -0.3 is 9.64 Å². The van der Waals surface area contributed by atoms with Gasteiger partial charge in [0.15, 0.2) is 0 Å². The van der Waals surface area contributed by atoms with Crippen molar-refractivity contribution in [1.29, 1.82) is 0 Å². The summed E-state index contributed by atoms with van der Waals surface area (Å²) in [5.74, 6) is 0.601. The van der Waals surface area contributed by atoms with Crippen molar-refractivity contribution < 1.29 is 17.9 Å². The second-order valence-electron chi connectivity index (χ2n) is 10.2. The summed E-state index contributed by atoms with van der Waals surface area (Å²) in [5, 5.41) is 0.753. The van der Waals surface area contributed by atoms with Crippen LogP contribution in [0, 0.1) is 0 Å². The van der Waals surface area contributed by atoms with Crippen molar-refractivity contribution in [2.24, 2.45) is 0 Å². The first-order chi connectivity index (χ1) is 21.2. The first-order valence-electron chi connectivity index (χ1n) is 13.9. The van der Waals surface area contributed by atoms with E-state index in [0.29, 0.717) is 34.5 Å². The molecule has 0 aliphatic carbocycles. The van der Waals surface area contributed by atoms with E-state index in [0.717, 1.165) is 11.1 Å². The summed E-state index contributed by atoms with van der Waals surface area (Å²) in [6.07, 6.45) is 0.667. The standard InChI is InChI=1S/C35H30Cl2N2O4S/c1-39(23-22-30(25-10-4-2-5-11-25)26-12-6-3-7-13-26)35(40)31-24-27(36)16-21-33(31)38-44(41,42)29-19-17-28(18-20-29)43-34-15-9-8-14-32(34)37/h2-21,24,30,38H,22-23H2,1H3. The van der Waals surface area contributed by atoms with Gasteiger partial charge in [-0.05, 0) is 72.1 Å². The van der Waals surface area contributed by atoms with Crippen molar-refractivity contribution in [3.8, 4) is 11.5 Å². The van der Waals surface area contributed by atoms with Gasteiger partial charge in [0.05, 0.1) is 21.2 Å². The number of carbonyl (C=O) groups excluding carboxylic acids is 1. The fraction of sp³-hybridized carbons (Fsp3) is 0.114. The quantitative estimate of drug-likeness (QED) is 0.156. The molecule has 0 fully saturated rings. The zero-order valence-electron chi connectivity index (χ0n) is 23.9. The average Bonchev–Trinajstić information content (AvgIpc) is 3.04. The molecule has 0 spiro atoms. The number of para-hydroxylation sites is 1. The monoisotopic (exact) mass is 644 g/mol. The van der Waals surface area contributed by atoms with Crippen LogP contribution in [0.2, 0.25) is 10.0 Å². The van der Waals surface area contributed by atoms with Crippen molar-refractivity contribution in [2.75, 3.05) is 18.3 Å². The maximum absolute atomic E-state index is 13.7. The summed E-state index contributed by atoms with van der Waals surface area (Å²) in [4.78, 5) is 15.3. The Morgan fingerprint density at radius 1 is 0.795 bits per heavy atom. The lowest BCUT2D eigenvalue weighted by molar-refractivity contribution is 0.0793. The molecule has 5 aromatic carbocycles. The van der Waals surface area contributed by atoms with Gasteiger partial charge >= 0.3 is 0 Å². The molecule has 0 aliphatic heterocycles. The Balaban J connectivity index is 1.32. The second-order valence-corrected chi connectivity index (χ2v) is 12.7. The number of halogens is 2. The summed E-state index contributed by atoms with van der Waals surface area (Å²) in [6, 6.07) is 37.7. The number of sulfonamides is 1. The SMILES string of the molecule is CN(CCC(c1ccccc1)c1ccccc1)C(=O)c1cc(Cl)ccc1NS(=O)(=O)c1ccc(Oc2ccccc2Cl)cc1. The van der Waals surface area contributed by atoms with Crippen LogP contribution in [0.5, 0.6) is 11.5 Å². The van der Waals surface area contributed by atoms with Gasteiger partial charge in [0.1, 0.15) is 11.5 Å². The first kappa shape index (κ1) is 31.1. The van der Waals surface area contributed by atoms with Crippen molar-refractivity contribution in [1.82, 2.24) is 4.90 Å². The largest absolute Gasteiger partial charge is 0.456 e. The van der Waals surface area contributed by atoms with Crippen molar-refractivity contribution >= 4 is 44.8 Å². The lowest BCUT2D eigenvalue weighted by Gasteiger charge is -2.24. The van der Waals surface area contributed by atoms with E-state index in [-0.39, 0.29) is 28.0 Å². The van der Waals surface area contributed by atoms with E-state index >= 15 is 0 Å². The highest BCUT2D eigenvalue weighted by Crippen LogP contribution is 2.31. The summed E-state index contributed by atoms with van der Waals surface area (Å²) in [6.45, 7) is 0.429. The smallest absolute Gasteiger partial charge is 0.261 e. The minimum atomic E-state index is -4.05. The van der Waals surface area contributed by atoms with Gasteiger partial charge in [-0.3, -0.25) is 9.52 Å². The molecule has 0 radical (unpaired) electrons. The number of nitrogens with one attached hydrogen (secondary N) is 1. The molecule has 0 heterocycles. The summed E-state index contributed by atoms with van der Waals surface area (Å²) < 4.78 is 35.0. The number of rotatable bonds is 11. The molecule has 224 valence electrons. The van der Waals surface area contributed by atoms with E-state index in [2.05, 4.69) is 29.0 Å². The third kappa shape index (κ3) is 7.61. The summed E-state index contributed by atoms with van der Waals surface area (Å²) >= 11 is 12.4. The van der Waals surface area contributed by atoms with Gasteiger partial charge in [-0.2, -0.15) is 0 Å². The minimum absolute atomic E-state index is 0.000670. The molecule has 5 aromatic rings. The van der Waals surface area contributed by atoms with E-state index in [1.807, 2.05) is 36.4 Å². The maximum Gasteiger partial charge on any atom is 0.261 e. The van der Waals surface area contributed by atoms with Crippen LogP contribution in [0.3, 0.4) is 0 Å². The van der Waals surface area contributed by atoms with E-state index in [1.165, 1.54) is 42.5 Å². The van der Waals surface area contributed by atoms with Crippen LogP contribution >= 0.6 is 23.2 Å². The predicted molar refractivity (Wildman–Crippen MR) is 177 cm³/mol. The van der Waals surface area contributed by atoms with Gasteiger partial charge in [-0.25, -0.2) is 8.42 Å². The molecule has 0 aliphatic rings. The maximum atomic E-state index is 13.7. The molecule has 0 aromatic heterocycles. The Morgan fingerprint density at radius 2 is 1.39 bits per heavy atom. The number of anilines is 1.